The minimum atomic E-state index is 0.374. The summed E-state index contributed by atoms with van der Waals surface area (Å²) in [5.74, 6) is 6.85. The molecule has 2 atom stereocenters. The molecule has 1 heteroatoms. The largest absolute Gasteiger partial charge is 0.175 e. The normalized spacial score (nSPS) is 14.1. The second-order valence-electron chi connectivity index (χ2n) is 4.70. The Morgan fingerprint density at radius 3 is 2.71 bits per heavy atom. The lowest BCUT2D eigenvalue weighted by Crippen LogP contribution is -1.95. The fraction of sp³-hybridized carbons (Fsp3) is 0.625. The first kappa shape index (κ1) is 16.4. The van der Waals surface area contributed by atoms with E-state index in [1.165, 1.54) is 12.0 Å². The molecule has 0 aliphatic carbocycles. The molecule has 0 aromatic heterocycles. The van der Waals surface area contributed by atoms with Crippen molar-refractivity contribution in [2.75, 3.05) is 0 Å². The first-order valence-corrected chi connectivity index (χ1v) is 7.02. The Hall–Kier alpha value is -0.610. The highest BCUT2D eigenvalue weighted by Gasteiger charge is 1.99. The summed E-state index contributed by atoms with van der Waals surface area (Å²) in [7, 11) is 0. The molecular formula is C16H26S. The standard InChI is InChI=1S/C16H26S/c1-5-6-7-10-16(17)11-8-9-15(4)13-12-14(2)3/h8-9,15-17H,2,5,10-13H2,1,3-4H3/b9-8+. The molecule has 0 N–H and O–H groups in total. The maximum atomic E-state index is 4.52. The van der Waals surface area contributed by atoms with E-state index in [9.17, 15) is 0 Å². The van der Waals surface area contributed by atoms with Crippen LogP contribution in [-0.2, 0) is 0 Å². The molecule has 0 aromatic carbocycles. The molecule has 0 nitrogen and oxygen atoms in total. The average molecular weight is 250 g/mol. The molecule has 0 aliphatic heterocycles. The third-order valence-electron chi connectivity index (χ3n) is 2.54. The molecule has 17 heavy (non-hydrogen) atoms. The first-order valence-electron chi connectivity index (χ1n) is 6.51. The van der Waals surface area contributed by atoms with E-state index in [1.54, 1.807) is 0 Å². The molecule has 96 valence electrons. The molecule has 0 saturated carbocycles. The number of rotatable bonds is 7. The molecule has 0 heterocycles. The van der Waals surface area contributed by atoms with Gasteiger partial charge in [-0.2, -0.15) is 12.6 Å². The van der Waals surface area contributed by atoms with Gasteiger partial charge >= 0.3 is 0 Å². The molecule has 0 saturated heterocycles. The SMILES string of the molecule is C=C(C)CCC(C)/C=C/CC(S)CC#CCC. The predicted octanol–water partition coefficient (Wildman–Crippen LogP) is 5.03. The Labute approximate surface area is 113 Å². The number of allylic oxidation sites excluding steroid dienone is 3. The number of hydrogen-bond acceptors (Lipinski definition) is 1. The maximum absolute atomic E-state index is 4.52. The van der Waals surface area contributed by atoms with E-state index in [4.69, 9.17) is 0 Å². The highest BCUT2D eigenvalue weighted by Crippen LogP contribution is 2.13. The first-order chi connectivity index (χ1) is 8.06. The van der Waals surface area contributed by atoms with Crippen molar-refractivity contribution in [2.45, 2.75) is 58.1 Å². The van der Waals surface area contributed by atoms with Crippen LogP contribution in [0.3, 0.4) is 0 Å². The average Bonchev–Trinajstić information content (AvgIpc) is 2.27. The topological polar surface area (TPSA) is 0 Å². The third-order valence-corrected chi connectivity index (χ3v) is 2.93. The molecule has 0 amide bonds. The van der Waals surface area contributed by atoms with Crippen molar-refractivity contribution in [1.82, 2.24) is 0 Å². The highest BCUT2D eigenvalue weighted by molar-refractivity contribution is 7.81. The summed E-state index contributed by atoms with van der Waals surface area (Å²) in [5, 5.41) is 0.374. The minimum Gasteiger partial charge on any atom is -0.175 e. The zero-order valence-corrected chi connectivity index (χ0v) is 12.4. The van der Waals surface area contributed by atoms with Gasteiger partial charge in [0.05, 0.1) is 0 Å². The summed E-state index contributed by atoms with van der Waals surface area (Å²) >= 11 is 4.52. The van der Waals surface area contributed by atoms with Gasteiger partial charge in [0.15, 0.2) is 0 Å². The zero-order chi connectivity index (χ0) is 13.1. The van der Waals surface area contributed by atoms with Gasteiger partial charge in [-0.3, -0.25) is 0 Å². The smallest absolute Gasteiger partial charge is 0.0209 e. The van der Waals surface area contributed by atoms with Crippen molar-refractivity contribution in [1.29, 1.82) is 0 Å². The van der Waals surface area contributed by atoms with Crippen molar-refractivity contribution in [3.63, 3.8) is 0 Å². The molecule has 0 spiro atoms. The van der Waals surface area contributed by atoms with Crippen molar-refractivity contribution in [3.05, 3.63) is 24.3 Å². The van der Waals surface area contributed by atoms with Gasteiger partial charge in [0.1, 0.15) is 0 Å². The summed E-state index contributed by atoms with van der Waals surface area (Å²) < 4.78 is 0. The second-order valence-corrected chi connectivity index (χ2v) is 5.43. The Bertz CT molecular complexity index is 290. The van der Waals surface area contributed by atoms with E-state index in [2.05, 4.69) is 64.0 Å². The van der Waals surface area contributed by atoms with Crippen LogP contribution in [-0.4, -0.2) is 5.25 Å². The minimum absolute atomic E-state index is 0.374. The fourth-order valence-corrected chi connectivity index (χ4v) is 1.65. The van der Waals surface area contributed by atoms with Crippen LogP contribution in [0.1, 0.15) is 52.9 Å². The quantitative estimate of drug-likeness (QED) is 0.366. The van der Waals surface area contributed by atoms with Crippen LogP contribution in [0.4, 0.5) is 0 Å². The van der Waals surface area contributed by atoms with Gasteiger partial charge in [-0.1, -0.05) is 31.6 Å². The van der Waals surface area contributed by atoms with E-state index >= 15 is 0 Å². The molecule has 0 rings (SSSR count). The number of thiol groups is 1. The Morgan fingerprint density at radius 1 is 1.41 bits per heavy atom. The van der Waals surface area contributed by atoms with Gasteiger partial charge < -0.3 is 0 Å². The van der Waals surface area contributed by atoms with Gasteiger partial charge in [0.25, 0.3) is 0 Å². The van der Waals surface area contributed by atoms with Crippen LogP contribution >= 0.6 is 12.6 Å². The fourth-order valence-electron chi connectivity index (χ4n) is 1.44. The van der Waals surface area contributed by atoms with Crippen molar-refractivity contribution >= 4 is 12.6 Å². The van der Waals surface area contributed by atoms with Crippen LogP contribution in [0.2, 0.25) is 0 Å². The lowest BCUT2D eigenvalue weighted by atomic mass is 10.0. The molecule has 2 unspecified atom stereocenters. The molecule has 0 bridgehead atoms. The van der Waals surface area contributed by atoms with Gasteiger partial charge in [0, 0.05) is 18.1 Å². The Morgan fingerprint density at radius 2 is 2.12 bits per heavy atom. The van der Waals surface area contributed by atoms with E-state index in [1.807, 2.05) is 0 Å². The maximum Gasteiger partial charge on any atom is 0.0209 e. The Balaban J connectivity index is 3.73. The second kappa shape index (κ2) is 10.5. The third kappa shape index (κ3) is 11.6. The summed E-state index contributed by atoms with van der Waals surface area (Å²) in [5.41, 5.74) is 1.27. The number of hydrogen-bond donors (Lipinski definition) is 1. The van der Waals surface area contributed by atoms with Gasteiger partial charge in [-0.25, -0.2) is 0 Å². The molecule has 0 radical (unpaired) electrons. The van der Waals surface area contributed by atoms with E-state index in [0.717, 1.165) is 25.7 Å². The lowest BCUT2D eigenvalue weighted by Gasteiger charge is -2.06. The van der Waals surface area contributed by atoms with E-state index in [-0.39, 0.29) is 0 Å². The molecule has 0 aromatic rings. The van der Waals surface area contributed by atoms with Crippen molar-refractivity contribution in [2.24, 2.45) is 5.92 Å². The molecule has 0 aliphatic rings. The molecule has 0 fully saturated rings. The van der Waals surface area contributed by atoms with Crippen LogP contribution in [0.25, 0.3) is 0 Å². The van der Waals surface area contributed by atoms with E-state index < -0.39 is 0 Å². The van der Waals surface area contributed by atoms with Gasteiger partial charge in [-0.05, 0) is 32.1 Å². The summed E-state index contributed by atoms with van der Waals surface area (Å²) in [6.07, 6.45) is 9.69. The monoisotopic (exact) mass is 250 g/mol. The van der Waals surface area contributed by atoms with Crippen LogP contribution in [0, 0.1) is 17.8 Å². The summed E-state index contributed by atoms with van der Waals surface area (Å²) in [4.78, 5) is 0. The van der Waals surface area contributed by atoms with Crippen LogP contribution < -0.4 is 0 Å². The van der Waals surface area contributed by atoms with Crippen molar-refractivity contribution < 1.29 is 0 Å². The lowest BCUT2D eigenvalue weighted by molar-refractivity contribution is 0.642. The predicted molar refractivity (Wildman–Crippen MR) is 82.4 cm³/mol. The summed E-state index contributed by atoms with van der Waals surface area (Å²) in [6.45, 7) is 10.3. The van der Waals surface area contributed by atoms with Crippen LogP contribution in [0.5, 0.6) is 0 Å². The van der Waals surface area contributed by atoms with Gasteiger partial charge in [-0.15, -0.1) is 18.4 Å². The highest BCUT2D eigenvalue weighted by atomic mass is 32.1. The molecular weight excluding hydrogens is 224 g/mol. The van der Waals surface area contributed by atoms with E-state index in [0.29, 0.717) is 11.2 Å². The van der Waals surface area contributed by atoms with Crippen molar-refractivity contribution in [3.8, 4) is 11.8 Å². The summed E-state index contributed by atoms with van der Waals surface area (Å²) in [6, 6.07) is 0. The zero-order valence-electron chi connectivity index (χ0n) is 11.5. The van der Waals surface area contributed by atoms with Crippen LogP contribution in [0.15, 0.2) is 24.3 Å². The Kier molecular flexibility index (Phi) is 10.2. The van der Waals surface area contributed by atoms with Gasteiger partial charge in [0.2, 0.25) is 0 Å².